The summed E-state index contributed by atoms with van der Waals surface area (Å²) in [5.74, 6) is -2.07. The first-order valence-electron chi connectivity index (χ1n) is 10.9. The lowest BCUT2D eigenvalue weighted by molar-refractivity contribution is -0.350. The fourth-order valence-electron chi connectivity index (χ4n) is 4.00. The Labute approximate surface area is 222 Å². The molecule has 4 rings (SSSR count). The van der Waals surface area contributed by atoms with E-state index in [2.05, 4.69) is 10.4 Å². The van der Waals surface area contributed by atoms with Crippen molar-refractivity contribution in [1.82, 2.24) is 19.7 Å². The van der Waals surface area contributed by atoms with Crippen molar-refractivity contribution in [3.63, 3.8) is 0 Å². The largest absolute Gasteiger partial charge is 0.437 e. The molecule has 0 spiro atoms. The van der Waals surface area contributed by atoms with E-state index >= 15 is 0 Å². The second-order valence-corrected chi connectivity index (χ2v) is 9.40. The summed E-state index contributed by atoms with van der Waals surface area (Å²) >= 11 is 6.07. The summed E-state index contributed by atoms with van der Waals surface area (Å²) in [4.78, 5) is 12.6. The normalized spacial score (nSPS) is 15.6. The molecule has 0 atom stereocenters. The molecule has 1 amide bonds. The van der Waals surface area contributed by atoms with Crippen LogP contribution >= 0.6 is 11.6 Å². The lowest BCUT2D eigenvalue weighted by Crippen LogP contribution is -2.51. The van der Waals surface area contributed by atoms with Crippen LogP contribution < -0.4 is 5.32 Å². The smallest absolute Gasteiger partial charge is 0.334 e. The quantitative estimate of drug-likeness (QED) is 0.334. The van der Waals surface area contributed by atoms with Gasteiger partial charge in [0.1, 0.15) is 16.9 Å². The minimum Gasteiger partial charge on any atom is -0.334 e. The first-order valence-corrected chi connectivity index (χ1v) is 11.3. The Morgan fingerprint density at radius 3 is 2.12 bits per heavy atom. The van der Waals surface area contributed by atoms with Gasteiger partial charge in [0, 0.05) is 18.8 Å². The van der Waals surface area contributed by atoms with Crippen LogP contribution in [0.5, 0.6) is 0 Å². The average Bonchev–Trinajstić information content (AvgIpc) is 3.26. The molecule has 1 fully saturated rings. The summed E-state index contributed by atoms with van der Waals surface area (Å²) in [6, 6.07) is 5.15. The zero-order valence-corrected chi connectivity index (χ0v) is 20.5. The molecule has 17 heteroatoms. The van der Waals surface area contributed by atoms with Gasteiger partial charge in [-0.3, -0.25) is 4.79 Å². The van der Waals surface area contributed by atoms with Crippen molar-refractivity contribution in [3.05, 3.63) is 58.5 Å². The Bertz CT molecular complexity index is 1510. The number of nitrogens with zero attached hydrogens (tertiary/aromatic N) is 4. The van der Waals surface area contributed by atoms with Crippen molar-refractivity contribution in [2.75, 3.05) is 0 Å². The molecule has 3 aromatic rings. The molecule has 0 bridgehead atoms. The topological polar surface area (TPSA) is 75.6 Å². The molecule has 0 aliphatic heterocycles. The van der Waals surface area contributed by atoms with E-state index in [-0.39, 0.29) is 26.3 Å². The number of alkyl halides is 10. The molecule has 0 unspecified atom stereocenters. The molecule has 2 aromatic heterocycles. The maximum Gasteiger partial charge on any atom is 0.437 e. The third-order valence-electron chi connectivity index (χ3n) is 6.30. The predicted octanol–water partition coefficient (Wildman–Crippen LogP) is 6.63. The molecular weight excluding hydrogens is 588 g/mol. The number of hydrogen-bond acceptors (Lipinski definition) is 3. The van der Waals surface area contributed by atoms with Crippen LogP contribution in [0.4, 0.5) is 43.9 Å². The van der Waals surface area contributed by atoms with Gasteiger partial charge in [0.05, 0.1) is 28.5 Å². The highest BCUT2D eigenvalue weighted by Gasteiger charge is 2.75. The monoisotopic (exact) mass is 601 g/mol. The highest BCUT2D eigenvalue weighted by atomic mass is 35.5. The number of amides is 1. The van der Waals surface area contributed by atoms with Gasteiger partial charge in [-0.15, -0.1) is 0 Å². The molecular formula is C23H14ClF10N5O. The van der Waals surface area contributed by atoms with Crippen molar-refractivity contribution in [1.29, 1.82) is 5.26 Å². The van der Waals surface area contributed by atoms with E-state index in [9.17, 15) is 48.7 Å². The van der Waals surface area contributed by atoms with Gasteiger partial charge in [-0.05, 0) is 36.6 Å². The van der Waals surface area contributed by atoms with Gasteiger partial charge in [0.25, 0.3) is 5.91 Å². The Balaban J connectivity index is 1.82. The third-order valence-corrected chi connectivity index (χ3v) is 6.63. The van der Waals surface area contributed by atoms with Gasteiger partial charge in [-0.25, -0.2) is 9.07 Å². The number of aromatic nitrogens is 3. The van der Waals surface area contributed by atoms with Gasteiger partial charge >= 0.3 is 24.2 Å². The number of carbonyl (C=O) groups excluding carboxylic acids is 1. The molecule has 214 valence electrons. The van der Waals surface area contributed by atoms with Crippen LogP contribution in [0.25, 0.3) is 16.9 Å². The number of hydrogen-bond donors (Lipinski definition) is 1. The molecule has 2 heterocycles. The molecule has 40 heavy (non-hydrogen) atoms. The van der Waals surface area contributed by atoms with E-state index in [0.29, 0.717) is 24.6 Å². The molecule has 1 aromatic carbocycles. The molecule has 1 aliphatic carbocycles. The molecule has 1 N–H and O–H groups in total. The maximum absolute atomic E-state index is 14.7. The molecule has 0 radical (unpaired) electrons. The number of halogens is 11. The van der Waals surface area contributed by atoms with Crippen LogP contribution in [0.2, 0.25) is 5.02 Å². The fraction of sp³-hybridized carbons (Fsp3) is 0.348. The standard InChI is InChI=1S/C23H14ClF10N5O/c1-38-16(20(25,22(29,30)31)23(32,33)34)7-14(21(26,27)28)18(38)39-9-12(8-36-39)11-2-3-15(24)13(6-11)17(40)37-19(10-35)4-5-19/h2-3,6-9H,4-5H2,1H3,(H,37,40). The zero-order valence-electron chi connectivity index (χ0n) is 19.7. The fourth-order valence-corrected chi connectivity index (χ4v) is 4.20. The Kier molecular flexibility index (Phi) is 6.69. The third kappa shape index (κ3) is 4.76. The first-order chi connectivity index (χ1) is 18.3. The van der Waals surface area contributed by atoms with Gasteiger partial charge in [0.15, 0.2) is 0 Å². The van der Waals surface area contributed by atoms with Crippen molar-refractivity contribution in [2.24, 2.45) is 7.05 Å². The molecule has 6 nitrogen and oxygen atoms in total. The average molecular weight is 602 g/mol. The zero-order chi connectivity index (χ0) is 30.1. The van der Waals surface area contributed by atoms with Crippen LogP contribution in [0, 0.1) is 11.3 Å². The second-order valence-electron chi connectivity index (χ2n) is 8.99. The highest BCUT2D eigenvalue weighted by molar-refractivity contribution is 6.34. The summed E-state index contributed by atoms with van der Waals surface area (Å²) in [5, 5.41) is 15.3. The lowest BCUT2D eigenvalue weighted by Gasteiger charge is -2.30. The van der Waals surface area contributed by atoms with Crippen molar-refractivity contribution in [3.8, 4) is 23.0 Å². The summed E-state index contributed by atoms with van der Waals surface area (Å²) in [5.41, 5.74) is -11.6. The van der Waals surface area contributed by atoms with Crippen LogP contribution in [-0.2, 0) is 18.9 Å². The summed E-state index contributed by atoms with van der Waals surface area (Å²) in [6.07, 6.45) is -16.3. The summed E-state index contributed by atoms with van der Waals surface area (Å²) < 4.78 is 136. The Morgan fingerprint density at radius 1 is 1.02 bits per heavy atom. The molecule has 1 aliphatic rings. The van der Waals surface area contributed by atoms with Crippen LogP contribution in [-0.4, -0.2) is 38.1 Å². The van der Waals surface area contributed by atoms with E-state index in [4.69, 9.17) is 16.9 Å². The van der Waals surface area contributed by atoms with Crippen LogP contribution in [0.1, 0.15) is 34.5 Å². The first kappa shape index (κ1) is 29.2. The number of benzene rings is 1. The van der Waals surface area contributed by atoms with Crippen molar-refractivity contribution in [2.45, 2.75) is 42.6 Å². The minimum atomic E-state index is -6.66. The maximum atomic E-state index is 14.7. The van der Waals surface area contributed by atoms with Gasteiger partial charge in [-0.2, -0.15) is 49.9 Å². The van der Waals surface area contributed by atoms with E-state index < -0.39 is 58.8 Å². The second kappa shape index (κ2) is 9.15. The van der Waals surface area contributed by atoms with Gasteiger partial charge in [-0.1, -0.05) is 17.7 Å². The predicted molar refractivity (Wildman–Crippen MR) is 118 cm³/mol. The van der Waals surface area contributed by atoms with Crippen LogP contribution in [0.3, 0.4) is 0 Å². The van der Waals surface area contributed by atoms with Gasteiger partial charge in [0.2, 0.25) is 0 Å². The summed E-state index contributed by atoms with van der Waals surface area (Å²) in [7, 11) is 0.403. The Morgan fingerprint density at radius 2 is 1.62 bits per heavy atom. The van der Waals surface area contributed by atoms with Gasteiger partial charge < -0.3 is 9.88 Å². The summed E-state index contributed by atoms with van der Waals surface area (Å²) in [6.45, 7) is 0. The lowest BCUT2D eigenvalue weighted by atomic mass is 10.00. The number of nitriles is 1. The van der Waals surface area contributed by atoms with E-state index in [0.717, 1.165) is 12.4 Å². The number of nitrogens with one attached hydrogen (secondary N) is 1. The van der Waals surface area contributed by atoms with E-state index in [1.165, 1.54) is 18.2 Å². The van der Waals surface area contributed by atoms with Crippen molar-refractivity contribution < 1.29 is 48.7 Å². The van der Waals surface area contributed by atoms with Crippen molar-refractivity contribution >= 4 is 17.5 Å². The SMILES string of the molecule is Cn1c(C(F)(C(F)(F)F)C(F)(F)F)cc(C(F)(F)F)c1-n1cc(-c2ccc(Cl)c(C(=O)NC3(C#N)CC3)c2)cn1. The highest BCUT2D eigenvalue weighted by Crippen LogP contribution is 2.54. The molecule has 0 saturated heterocycles. The Hall–Kier alpha value is -3.74. The van der Waals surface area contributed by atoms with E-state index in [1.807, 2.05) is 6.07 Å². The van der Waals surface area contributed by atoms with E-state index in [1.54, 1.807) is 0 Å². The minimum absolute atomic E-state index is 0.0267. The van der Waals surface area contributed by atoms with Crippen LogP contribution in [0.15, 0.2) is 36.7 Å². The number of carbonyl (C=O) groups is 1. The molecule has 1 saturated carbocycles. The number of rotatable bonds is 5.